The molecule has 0 fully saturated rings. The Bertz CT molecular complexity index is 521. The summed E-state index contributed by atoms with van der Waals surface area (Å²) in [7, 11) is 1.70. The lowest BCUT2D eigenvalue weighted by Crippen LogP contribution is -2.30. The van der Waals surface area contributed by atoms with E-state index in [9.17, 15) is 0 Å². The largest absolute Gasteiger partial charge is 0.496 e. The van der Waals surface area contributed by atoms with Gasteiger partial charge in [-0.1, -0.05) is 18.2 Å². The van der Waals surface area contributed by atoms with Gasteiger partial charge in [0.2, 0.25) is 0 Å². The molecule has 0 radical (unpaired) electrons. The molecule has 0 aliphatic carbocycles. The minimum Gasteiger partial charge on any atom is -0.496 e. The van der Waals surface area contributed by atoms with Crippen molar-refractivity contribution in [3.8, 4) is 5.75 Å². The molecule has 1 aromatic heterocycles. The molecule has 2 N–H and O–H groups in total. The first-order valence-electron chi connectivity index (χ1n) is 5.78. The number of aromatic amines is 1. The molecule has 0 unspecified atom stereocenters. The van der Waals surface area contributed by atoms with Gasteiger partial charge in [-0.05, 0) is 6.07 Å². The van der Waals surface area contributed by atoms with E-state index in [1.807, 2.05) is 18.2 Å². The highest BCUT2D eigenvalue weighted by Crippen LogP contribution is 2.31. The molecule has 0 amide bonds. The maximum Gasteiger partial charge on any atom is 0.124 e. The number of nitrogens with zero attached hydrogens (tertiary/aromatic N) is 1. The van der Waals surface area contributed by atoms with Gasteiger partial charge in [0.25, 0.3) is 0 Å². The lowest BCUT2D eigenvalue weighted by molar-refractivity contribution is 0.401. The number of methoxy groups -OCH3 is 1. The molecule has 3 rings (SSSR count). The number of fused-ring (bicyclic) bond motifs is 1. The first-order chi connectivity index (χ1) is 8.40. The van der Waals surface area contributed by atoms with Crippen LogP contribution in [0.3, 0.4) is 0 Å². The summed E-state index contributed by atoms with van der Waals surface area (Å²) in [5, 5.41) is 3.49. The van der Waals surface area contributed by atoms with E-state index in [1.165, 1.54) is 5.69 Å². The molecule has 2 aromatic rings. The predicted molar refractivity (Wildman–Crippen MR) is 65.1 cm³/mol. The summed E-state index contributed by atoms with van der Waals surface area (Å²) in [4.78, 5) is 7.62. The SMILES string of the molecule is COc1ccccc1[C@H]1NCCc2[nH]cnc21. The van der Waals surface area contributed by atoms with Gasteiger partial charge in [0.15, 0.2) is 0 Å². The minimum atomic E-state index is 0.126. The molecule has 4 heteroatoms. The number of imidazole rings is 1. The van der Waals surface area contributed by atoms with E-state index < -0.39 is 0 Å². The second kappa shape index (κ2) is 4.22. The van der Waals surface area contributed by atoms with Crippen LogP contribution in [0.25, 0.3) is 0 Å². The highest BCUT2D eigenvalue weighted by atomic mass is 16.5. The van der Waals surface area contributed by atoms with Crippen LogP contribution < -0.4 is 10.1 Å². The summed E-state index contributed by atoms with van der Waals surface area (Å²) in [6, 6.07) is 8.20. The Labute approximate surface area is 100 Å². The minimum absolute atomic E-state index is 0.126. The van der Waals surface area contributed by atoms with Gasteiger partial charge >= 0.3 is 0 Å². The van der Waals surface area contributed by atoms with Crippen molar-refractivity contribution in [1.29, 1.82) is 0 Å². The molecular weight excluding hydrogens is 214 g/mol. The van der Waals surface area contributed by atoms with Gasteiger partial charge in [-0.2, -0.15) is 0 Å². The number of ether oxygens (including phenoxy) is 1. The topological polar surface area (TPSA) is 49.9 Å². The summed E-state index contributed by atoms with van der Waals surface area (Å²) in [6.45, 7) is 0.956. The number of hydrogen-bond donors (Lipinski definition) is 2. The fourth-order valence-electron chi connectivity index (χ4n) is 2.38. The molecule has 4 nitrogen and oxygen atoms in total. The Kier molecular flexibility index (Phi) is 2.57. The van der Waals surface area contributed by atoms with E-state index in [4.69, 9.17) is 4.74 Å². The van der Waals surface area contributed by atoms with Crippen LogP contribution in [-0.2, 0) is 6.42 Å². The maximum atomic E-state index is 5.41. The first kappa shape index (κ1) is 10.4. The second-order valence-corrected chi connectivity index (χ2v) is 4.15. The number of rotatable bonds is 2. The van der Waals surface area contributed by atoms with Crippen LogP contribution in [0, 0.1) is 0 Å². The van der Waals surface area contributed by atoms with Gasteiger partial charge in [0.05, 0.1) is 25.2 Å². The van der Waals surface area contributed by atoms with E-state index in [2.05, 4.69) is 21.4 Å². The van der Waals surface area contributed by atoms with E-state index in [1.54, 1.807) is 13.4 Å². The molecule has 1 aliphatic heterocycles. The normalized spacial score (nSPS) is 18.8. The lowest BCUT2D eigenvalue weighted by Gasteiger charge is -2.24. The number of para-hydroxylation sites is 1. The second-order valence-electron chi connectivity index (χ2n) is 4.15. The van der Waals surface area contributed by atoms with Crippen LogP contribution >= 0.6 is 0 Å². The standard InChI is InChI=1S/C13H15N3O/c1-17-11-5-3-2-4-9(11)12-13-10(6-7-14-12)15-8-16-13/h2-5,8,12,14H,6-7H2,1H3,(H,15,16)/t12-/m1/s1. The van der Waals surface area contributed by atoms with Crippen LogP contribution in [0.15, 0.2) is 30.6 Å². The quantitative estimate of drug-likeness (QED) is 0.823. The molecule has 2 heterocycles. The summed E-state index contributed by atoms with van der Waals surface area (Å²) >= 11 is 0. The number of H-pyrrole nitrogens is 1. The van der Waals surface area contributed by atoms with Crippen LogP contribution in [0.2, 0.25) is 0 Å². The van der Waals surface area contributed by atoms with Gasteiger partial charge < -0.3 is 15.0 Å². The van der Waals surface area contributed by atoms with Crippen LogP contribution in [0.1, 0.15) is 23.0 Å². The van der Waals surface area contributed by atoms with Crippen LogP contribution in [-0.4, -0.2) is 23.6 Å². The summed E-state index contributed by atoms with van der Waals surface area (Å²) in [5.74, 6) is 0.904. The van der Waals surface area contributed by atoms with Gasteiger partial charge in [-0.15, -0.1) is 0 Å². The fourth-order valence-corrected chi connectivity index (χ4v) is 2.38. The predicted octanol–water partition coefficient (Wildman–Crippen LogP) is 1.65. The Hall–Kier alpha value is -1.81. The highest BCUT2D eigenvalue weighted by molar-refractivity contribution is 5.41. The zero-order valence-electron chi connectivity index (χ0n) is 9.73. The third-order valence-corrected chi connectivity index (χ3v) is 3.20. The number of nitrogens with one attached hydrogen (secondary N) is 2. The Morgan fingerprint density at radius 1 is 1.35 bits per heavy atom. The third-order valence-electron chi connectivity index (χ3n) is 3.20. The van der Waals surface area contributed by atoms with Crippen molar-refractivity contribution in [2.45, 2.75) is 12.5 Å². The average Bonchev–Trinajstić information content (AvgIpc) is 2.86. The number of aromatic nitrogens is 2. The molecule has 0 saturated heterocycles. The molecule has 0 spiro atoms. The van der Waals surface area contributed by atoms with Crippen molar-refractivity contribution in [3.63, 3.8) is 0 Å². The first-order valence-corrected chi connectivity index (χ1v) is 5.78. The summed E-state index contributed by atoms with van der Waals surface area (Å²) < 4.78 is 5.41. The third kappa shape index (κ3) is 1.70. The zero-order chi connectivity index (χ0) is 11.7. The number of benzene rings is 1. The van der Waals surface area contributed by atoms with E-state index in [0.29, 0.717) is 0 Å². The summed E-state index contributed by atoms with van der Waals surface area (Å²) in [6.07, 6.45) is 2.76. The molecule has 88 valence electrons. The summed E-state index contributed by atoms with van der Waals surface area (Å²) in [5.41, 5.74) is 3.45. The molecule has 1 atom stereocenters. The van der Waals surface area contributed by atoms with Crippen molar-refractivity contribution < 1.29 is 4.74 Å². The molecule has 1 aliphatic rings. The molecule has 0 saturated carbocycles. The van der Waals surface area contributed by atoms with Gasteiger partial charge in [-0.3, -0.25) is 0 Å². The van der Waals surface area contributed by atoms with Gasteiger partial charge in [-0.25, -0.2) is 4.98 Å². The smallest absolute Gasteiger partial charge is 0.124 e. The Morgan fingerprint density at radius 3 is 3.12 bits per heavy atom. The molecule has 17 heavy (non-hydrogen) atoms. The van der Waals surface area contributed by atoms with Crippen molar-refractivity contribution >= 4 is 0 Å². The monoisotopic (exact) mass is 229 g/mol. The maximum absolute atomic E-state index is 5.41. The van der Waals surface area contributed by atoms with E-state index in [0.717, 1.165) is 30.0 Å². The van der Waals surface area contributed by atoms with E-state index >= 15 is 0 Å². The Balaban J connectivity index is 2.06. The number of hydrogen-bond acceptors (Lipinski definition) is 3. The average molecular weight is 229 g/mol. The molecular formula is C13H15N3O. The fraction of sp³-hybridized carbons (Fsp3) is 0.308. The van der Waals surface area contributed by atoms with Crippen molar-refractivity contribution in [1.82, 2.24) is 15.3 Å². The van der Waals surface area contributed by atoms with E-state index in [-0.39, 0.29) is 6.04 Å². The Morgan fingerprint density at radius 2 is 2.24 bits per heavy atom. The van der Waals surface area contributed by atoms with Gasteiger partial charge in [0.1, 0.15) is 5.75 Å². The lowest BCUT2D eigenvalue weighted by atomic mass is 9.97. The van der Waals surface area contributed by atoms with Crippen LogP contribution in [0.4, 0.5) is 0 Å². The van der Waals surface area contributed by atoms with Gasteiger partial charge in [0, 0.05) is 24.2 Å². The van der Waals surface area contributed by atoms with Crippen LogP contribution in [0.5, 0.6) is 5.75 Å². The zero-order valence-corrected chi connectivity index (χ0v) is 9.73. The van der Waals surface area contributed by atoms with Crippen molar-refractivity contribution in [3.05, 3.63) is 47.5 Å². The van der Waals surface area contributed by atoms with Crippen molar-refractivity contribution in [2.24, 2.45) is 0 Å². The van der Waals surface area contributed by atoms with Crippen molar-refractivity contribution in [2.75, 3.05) is 13.7 Å². The molecule has 1 aromatic carbocycles. The molecule has 0 bridgehead atoms. The highest BCUT2D eigenvalue weighted by Gasteiger charge is 2.25.